The lowest BCUT2D eigenvalue weighted by Crippen LogP contribution is -2.38. The van der Waals surface area contributed by atoms with E-state index >= 15 is 0 Å². The number of hydrogen-bond donors (Lipinski definition) is 2. The molecule has 0 spiro atoms. The summed E-state index contributed by atoms with van der Waals surface area (Å²) in [6, 6.07) is 6.01. The molecule has 2 N–H and O–H groups in total. The predicted octanol–water partition coefficient (Wildman–Crippen LogP) is 3.23. The van der Waals surface area contributed by atoms with Gasteiger partial charge in [0, 0.05) is 37.9 Å². The second kappa shape index (κ2) is 12.9. The Morgan fingerprint density at radius 2 is 2.10 bits per heavy atom. The minimum absolute atomic E-state index is 0. The van der Waals surface area contributed by atoms with Crippen molar-refractivity contribution >= 4 is 29.9 Å². The van der Waals surface area contributed by atoms with Crippen molar-refractivity contribution in [2.75, 3.05) is 19.6 Å². The third-order valence-corrected chi connectivity index (χ3v) is 2.95. The first-order valence-corrected chi connectivity index (χ1v) is 7.64. The Labute approximate surface area is 146 Å². The van der Waals surface area contributed by atoms with E-state index in [4.69, 9.17) is 0 Å². The molecule has 0 aliphatic heterocycles. The number of nitrogens with zero attached hydrogens (tertiary/aromatic N) is 2. The fourth-order valence-corrected chi connectivity index (χ4v) is 1.89. The summed E-state index contributed by atoms with van der Waals surface area (Å²) in [5.74, 6) is 1.66. The number of halogens is 1. The topological polar surface area (TPSA) is 49.3 Å². The van der Waals surface area contributed by atoms with Crippen molar-refractivity contribution in [3.8, 4) is 0 Å². The molecule has 0 aliphatic rings. The molecule has 0 aliphatic carbocycles. The van der Waals surface area contributed by atoms with E-state index in [2.05, 4.69) is 41.4 Å². The van der Waals surface area contributed by atoms with Gasteiger partial charge >= 0.3 is 0 Å². The third kappa shape index (κ3) is 10.5. The molecule has 0 saturated carbocycles. The molecule has 1 heterocycles. The van der Waals surface area contributed by atoms with Crippen molar-refractivity contribution in [1.29, 1.82) is 0 Å². The van der Waals surface area contributed by atoms with E-state index in [1.807, 2.05) is 24.4 Å². The summed E-state index contributed by atoms with van der Waals surface area (Å²) in [5, 5.41) is 6.63. The average molecular weight is 404 g/mol. The van der Waals surface area contributed by atoms with E-state index in [0.717, 1.165) is 50.0 Å². The minimum atomic E-state index is 0. The van der Waals surface area contributed by atoms with E-state index in [1.165, 1.54) is 6.42 Å². The second-order valence-corrected chi connectivity index (χ2v) is 5.29. The van der Waals surface area contributed by atoms with Crippen molar-refractivity contribution in [3.63, 3.8) is 0 Å². The largest absolute Gasteiger partial charge is 0.357 e. The normalized spacial score (nSPS) is 11.1. The summed E-state index contributed by atoms with van der Waals surface area (Å²) in [6.45, 7) is 9.22. The van der Waals surface area contributed by atoms with Gasteiger partial charge in [-0.2, -0.15) is 0 Å². The van der Waals surface area contributed by atoms with Crippen LogP contribution in [-0.4, -0.2) is 30.6 Å². The van der Waals surface area contributed by atoms with Gasteiger partial charge in [-0.1, -0.05) is 19.9 Å². The number of aliphatic imine (C=N–C) groups is 1. The fourth-order valence-electron chi connectivity index (χ4n) is 1.89. The van der Waals surface area contributed by atoms with Crippen LogP contribution in [0.5, 0.6) is 0 Å². The third-order valence-electron chi connectivity index (χ3n) is 2.95. The quantitative estimate of drug-likeness (QED) is 0.303. The molecule has 1 aromatic rings. The molecule has 1 rings (SSSR count). The lowest BCUT2D eigenvalue weighted by atomic mass is 10.1. The van der Waals surface area contributed by atoms with Gasteiger partial charge in [0.2, 0.25) is 0 Å². The zero-order chi connectivity index (χ0) is 14.6. The minimum Gasteiger partial charge on any atom is -0.357 e. The molecule has 0 saturated heterocycles. The van der Waals surface area contributed by atoms with Crippen molar-refractivity contribution < 1.29 is 0 Å². The van der Waals surface area contributed by atoms with Crippen LogP contribution in [0.15, 0.2) is 29.4 Å². The van der Waals surface area contributed by atoms with E-state index < -0.39 is 0 Å². The van der Waals surface area contributed by atoms with Crippen molar-refractivity contribution in [2.24, 2.45) is 10.9 Å². The number of pyridine rings is 1. The van der Waals surface area contributed by atoms with Gasteiger partial charge in [0.25, 0.3) is 0 Å². The summed E-state index contributed by atoms with van der Waals surface area (Å²) in [7, 11) is 0. The molecule has 0 unspecified atom stereocenters. The van der Waals surface area contributed by atoms with Gasteiger partial charge in [-0.25, -0.2) is 0 Å². The Bertz CT molecular complexity index is 379. The Morgan fingerprint density at radius 1 is 1.29 bits per heavy atom. The SMILES string of the molecule is CCNC(=NCCCC(C)C)NCCc1ccccn1.I. The van der Waals surface area contributed by atoms with Gasteiger partial charge in [0.1, 0.15) is 0 Å². The van der Waals surface area contributed by atoms with Crippen LogP contribution in [-0.2, 0) is 6.42 Å². The predicted molar refractivity (Wildman–Crippen MR) is 101 cm³/mol. The standard InChI is InChI=1S/C16H28N4.HI/c1-4-17-16(19-12-7-8-14(2)3)20-13-10-15-9-5-6-11-18-15;/h5-6,9,11,14H,4,7-8,10,12-13H2,1-3H3,(H2,17,19,20);1H. The van der Waals surface area contributed by atoms with E-state index in [-0.39, 0.29) is 24.0 Å². The van der Waals surface area contributed by atoms with Crippen molar-refractivity contribution in [3.05, 3.63) is 30.1 Å². The first-order chi connectivity index (χ1) is 9.72. The van der Waals surface area contributed by atoms with E-state index in [9.17, 15) is 0 Å². The van der Waals surface area contributed by atoms with Gasteiger partial charge in [0.05, 0.1) is 0 Å². The molecule has 0 amide bonds. The van der Waals surface area contributed by atoms with Gasteiger partial charge in [-0.15, -0.1) is 24.0 Å². The molecular weight excluding hydrogens is 375 g/mol. The van der Waals surface area contributed by atoms with Crippen LogP contribution < -0.4 is 10.6 Å². The molecule has 1 aromatic heterocycles. The summed E-state index contributed by atoms with van der Waals surface area (Å²) < 4.78 is 0. The van der Waals surface area contributed by atoms with Crippen molar-refractivity contribution in [2.45, 2.75) is 40.0 Å². The van der Waals surface area contributed by atoms with Crippen LogP contribution in [0.25, 0.3) is 0 Å². The van der Waals surface area contributed by atoms with Crippen LogP contribution in [0.3, 0.4) is 0 Å². The molecule has 120 valence electrons. The van der Waals surface area contributed by atoms with Crippen LogP contribution >= 0.6 is 24.0 Å². The Balaban J connectivity index is 0.00000400. The molecule has 0 atom stereocenters. The highest BCUT2D eigenvalue weighted by Gasteiger charge is 1.98. The first kappa shape index (κ1) is 20.1. The molecule has 4 nitrogen and oxygen atoms in total. The highest BCUT2D eigenvalue weighted by molar-refractivity contribution is 14.0. The molecule has 21 heavy (non-hydrogen) atoms. The number of guanidine groups is 1. The second-order valence-electron chi connectivity index (χ2n) is 5.29. The number of nitrogens with one attached hydrogen (secondary N) is 2. The van der Waals surface area contributed by atoms with Crippen LogP contribution in [0.2, 0.25) is 0 Å². The van der Waals surface area contributed by atoms with E-state index in [1.54, 1.807) is 0 Å². The summed E-state index contributed by atoms with van der Waals surface area (Å²) in [4.78, 5) is 8.91. The summed E-state index contributed by atoms with van der Waals surface area (Å²) in [5.41, 5.74) is 1.11. The molecular formula is C16H29IN4. The molecule has 0 fully saturated rings. The highest BCUT2D eigenvalue weighted by Crippen LogP contribution is 2.02. The van der Waals surface area contributed by atoms with Gasteiger partial charge in [-0.05, 0) is 37.8 Å². The maximum absolute atomic E-state index is 4.59. The van der Waals surface area contributed by atoms with Gasteiger partial charge in [0.15, 0.2) is 5.96 Å². The molecule has 0 radical (unpaired) electrons. The molecule has 0 bridgehead atoms. The van der Waals surface area contributed by atoms with E-state index in [0.29, 0.717) is 0 Å². The highest BCUT2D eigenvalue weighted by atomic mass is 127. The lowest BCUT2D eigenvalue weighted by Gasteiger charge is -2.11. The Kier molecular flexibility index (Phi) is 12.3. The zero-order valence-corrected chi connectivity index (χ0v) is 15.8. The first-order valence-electron chi connectivity index (χ1n) is 7.64. The van der Waals surface area contributed by atoms with Crippen LogP contribution in [0.4, 0.5) is 0 Å². The fraction of sp³-hybridized carbons (Fsp3) is 0.625. The number of rotatable bonds is 8. The molecule has 5 heteroatoms. The number of aromatic nitrogens is 1. The van der Waals surface area contributed by atoms with Gasteiger partial charge < -0.3 is 10.6 Å². The van der Waals surface area contributed by atoms with Crippen LogP contribution in [0, 0.1) is 5.92 Å². The smallest absolute Gasteiger partial charge is 0.191 e. The van der Waals surface area contributed by atoms with Crippen LogP contribution in [0.1, 0.15) is 39.3 Å². The summed E-state index contributed by atoms with van der Waals surface area (Å²) in [6.07, 6.45) is 5.13. The monoisotopic (exact) mass is 404 g/mol. The number of hydrogen-bond acceptors (Lipinski definition) is 2. The maximum Gasteiger partial charge on any atom is 0.191 e. The summed E-state index contributed by atoms with van der Waals surface area (Å²) >= 11 is 0. The molecule has 0 aromatic carbocycles. The average Bonchev–Trinajstić information content (AvgIpc) is 2.44. The maximum atomic E-state index is 4.59. The Hall–Kier alpha value is -0.850. The Morgan fingerprint density at radius 3 is 2.71 bits per heavy atom. The lowest BCUT2D eigenvalue weighted by molar-refractivity contribution is 0.560. The zero-order valence-electron chi connectivity index (χ0n) is 13.4. The van der Waals surface area contributed by atoms with Gasteiger partial charge in [-0.3, -0.25) is 9.98 Å². The van der Waals surface area contributed by atoms with Crippen molar-refractivity contribution in [1.82, 2.24) is 15.6 Å².